The van der Waals surface area contributed by atoms with Crippen LogP contribution in [-0.4, -0.2) is 23.8 Å². The van der Waals surface area contributed by atoms with E-state index in [0.29, 0.717) is 6.42 Å². The number of hydrogen-bond acceptors (Lipinski definition) is 3. The minimum Gasteiger partial charge on any atom is -0.445 e. The number of carbonyl (C=O) groups is 1. The zero-order chi connectivity index (χ0) is 16.5. The van der Waals surface area contributed by atoms with Crippen LogP contribution in [0.1, 0.15) is 17.5 Å². The zero-order valence-corrected chi connectivity index (χ0v) is 14.3. The lowest BCUT2D eigenvalue weighted by Gasteiger charge is -2.16. The number of aliphatic hydroxyl groups is 1. The van der Waals surface area contributed by atoms with Crippen molar-refractivity contribution in [2.45, 2.75) is 25.5 Å². The second-order valence-corrected chi connectivity index (χ2v) is 6.07. The zero-order valence-electron chi connectivity index (χ0n) is 12.7. The minimum atomic E-state index is -0.514. The third-order valence-electron chi connectivity index (χ3n) is 3.48. The van der Waals surface area contributed by atoms with Gasteiger partial charge in [0.05, 0.1) is 12.6 Å². The first-order valence-corrected chi connectivity index (χ1v) is 8.30. The number of amides is 1. The Bertz CT molecular complexity index is 619. The maximum Gasteiger partial charge on any atom is 0.407 e. The monoisotopic (exact) mass is 377 g/mol. The normalized spacial score (nSPS) is 11.7. The predicted molar refractivity (Wildman–Crippen MR) is 93.1 cm³/mol. The molecular formula is C18H20BrNO3. The number of rotatable bonds is 7. The number of halogens is 1. The third kappa shape index (κ3) is 6.04. The summed E-state index contributed by atoms with van der Waals surface area (Å²) >= 11 is 3.50. The molecular weight excluding hydrogens is 358 g/mol. The molecule has 0 unspecified atom stereocenters. The molecule has 0 heterocycles. The first kappa shape index (κ1) is 17.5. The molecule has 0 fully saturated rings. The average Bonchev–Trinajstić information content (AvgIpc) is 2.59. The van der Waals surface area contributed by atoms with Crippen LogP contribution in [0.3, 0.4) is 0 Å². The highest BCUT2D eigenvalue weighted by atomic mass is 79.9. The van der Waals surface area contributed by atoms with E-state index in [4.69, 9.17) is 4.74 Å². The van der Waals surface area contributed by atoms with E-state index < -0.39 is 6.09 Å². The van der Waals surface area contributed by atoms with Crippen LogP contribution in [0, 0.1) is 0 Å². The molecule has 2 N–H and O–H groups in total. The van der Waals surface area contributed by atoms with Gasteiger partial charge < -0.3 is 15.2 Å². The molecule has 0 saturated carbocycles. The molecule has 4 nitrogen and oxygen atoms in total. The summed E-state index contributed by atoms with van der Waals surface area (Å²) in [5, 5.41) is 12.1. The van der Waals surface area contributed by atoms with Gasteiger partial charge in [0.25, 0.3) is 0 Å². The Balaban J connectivity index is 1.77. The van der Waals surface area contributed by atoms with Crippen molar-refractivity contribution in [3.63, 3.8) is 0 Å². The molecule has 2 aromatic rings. The van der Waals surface area contributed by atoms with E-state index in [1.54, 1.807) is 0 Å². The maximum absolute atomic E-state index is 11.8. The number of hydrogen-bond donors (Lipinski definition) is 2. The van der Waals surface area contributed by atoms with Crippen LogP contribution in [0.25, 0.3) is 0 Å². The summed E-state index contributed by atoms with van der Waals surface area (Å²) in [6.45, 7) is 0.0972. The van der Waals surface area contributed by atoms with E-state index in [9.17, 15) is 9.90 Å². The molecule has 0 aliphatic heterocycles. The Kier molecular flexibility index (Phi) is 7.10. The van der Waals surface area contributed by atoms with Crippen LogP contribution in [-0.2, 0) is 17.8 Å². The summed E-state index contributed by atoms with van der Waals surface area (Å²) in [7, 11) is 0. The van der Waals surface area contributed by atoms with Crippen molar-refractivity contribution >= 4 is 22.0 Å². The van der Waals surface area contributed by atoms with Gasteiger partial charge in [-0.1, -0.05) is 64.5 Å². The van der Waals surface area contributed by atoms with E-state index in [2.05, 4.69) is 21.2 Å². The molecule has 0 aliphatic carbocycles. The van der Waals surface area contributed by atoms with E-state index in [1.807, 2.05) is 54.6 Å². The largest absolute Gasteiger partial charge is 0.445 e. The lowest BCUT2D eigenvalue weighted by atomic mass is 10.1. The minimum absolute atomic E-state index is 0.120. The van der Waals surface area contributed by atoms with Crippen LogP contribution in [0.4, 0.5) is 4.79 Å². The lowest BCUT2D eigenvalue weighted by molar-refractivity contribution is 0.128. The molecule has 23 heavy (non-hydrogen) atoms. The number of nitrogens with one attached hydrogen (secondary N) is 1. The topological polar surface area (TPSA) is 58.6 Å². The molecule has 5 heteroatoms. The molecule has 2 aromatic carbocycles. The summed E-state index contributed by atoms with van der Waals surface area (Å²) in [6, 6.07) is 17.1. The number of aliphatic hydroxyl groups excluding tert-OH is 1. The SMILES string of the molecule is O=C(N[C@H](CO)CCc1ccccc1Br)OCc1ccccc1. The van der Waals surface area contributed by atoms with Crippen LogP contribution in [0.2, 0.25) is 0 Å². The molecule has 0 radical (unpaired) electrons. The van der Waals surface area contributed by atoms with Crippen molar-refractivity contribution in [1.82, 2.24) is 5.32 Å². The fraction of sp³-hybridized carbons (Fsp3) is 0.278. The average molecular weight is 378 g/mol. The van der Waals surface area contributed by atoms with Crippen LogP contribution >= 0.6 is 15.9 Å². The third-order valence-corrected chi connectivity index (χ3v) is 4.25. The van der Waals surface area contributed by atoms with E-state index >= 15 is 0 Å². The van der Waals surface area contributed by atoms with Gasteiger partial charge in [0.1, 0.15) is 6.61 Å². The van der Waals surface area contributed by atoms with E-state index in [-0.39, 0.29) is 19.3 Å². The summed E-state index contributed by atoms with van der Waals surface area (Å²) in [5.41, 5.74) is 2.07. The van der Waals surface area contributed by atoms with Gasteiger partial charge in [0, 0.05) is 4.47 Å². The van der Waals surface area contributed by atoms with Crippen LogP contribution < -0.4 is 5.32 Å². The summed E-state index contributed by atoms with van der Waals surface area (Å²) in [4.78, 5) is 11.8. The van der Waals surface area contributed by atoms with Gasteiger partial charge in [-0.25, -0.2) is 4.79 Å². The van der Waals surface area contributed by atoms with Gasteiger partial charge in [-0.15, -0.1) is 0 Å². The Hall–Kier alpha value is -1.85. The van der Waals surface area contributed by atoms with Gasteiger partial charge in [-0.05, 0) is 30.0 Å². The first-order chi connectivity index (χ1) is 11.2. The molecule has 2 rings (SSSR count). The highest BCUT2D eigenvalue weighted by Gasteiger charge is 2.13. The van der Waals surface area contributed by atoms with Crippen molar-refractivity contribution in [1.29, 1.82) is 0 Å². The number of alkyl carbamates (subject to hydrolysis) is 1. The molecule has 122 valence electrons. The standard InChI is InChI=1S/C18H20BrNO3/c19-17-9-5-4-8-15(17)10-11-16(12-21)20-18(22)23-13-14-6-2-1-3-7-14/h1-9,16,21H,10-13H2,(H,20,22)/t16-/m0/s1. The van der Waals surface area contributed by atoms with Gasteiger partial charge >= 0.3 is 6.09 Å². The second-order valence-electron chi connectivity index (χ2n) is 5.22. The first-order valence-electron chi connectivity index (χ1n) is 7.50. The summed E-state index contributed by atoms with van der Waals surface area (Å²) in [5.74, 6) is 0. The van der Waals surface area contributed by atoms with Gasteiger partial charge in [0.2, 0.25) is 0 Å². The predicted octanol–water partition coefficient (Wildman–Crippen LogP) is 3.67. The summed E-state index contributed by atoms with van der Waals surface area (Å²) < 4.78 is 6.20. The fourth-order valence-electron chi connectivity index (χ4n) is 2.17. The Morgan fingerprint density at radius 1 is 1.13 bits per heavy atom. The number of aryl methyl sites for hydroxylation is 1. The molecule has 0 aromatic heterocycles. The van der Waals surface area contributed by atoms with Crippen LogP contribution in [0.15, 0.2) is 59.1 Å². The smallest absolute Gasteiger partial charge is 0.407 e. The van der Waals surface area contributed by atoms with Crippen molar-refractivity contribution in [3.05, 3.63) is 70.2 Å². The molecule has 0 saturated heterocycles. The van der Waals surface area contributed by atoms with E-state index in [1.165, 1.54) is 0 Å². The molecule has 0 bridgehead atoms. The van der Waals surface area contributed by atoms with Crippen molar-refractivity contribution in [2.24, 2.45) is 0 Å². The maximum atomic E-state index is 11.8. The second kappa shape index (κ2) is 9.33. The van der Waals surface area contributed by atoms with Gasteiger partial charge in [-0.3, -0.25) is 0 Å². The van der Waals surface area contributed by atoms with Crippen molar-refractivity contribution in [2.75, 3.05) is 6.61 Å². The van der Waals surface area contributed by atoms with Gasteiger partial charge in [0.15, 0.2) is 0 Å². The Labute approximate surface area is 144 Å². The lowest BCUT2D eigenvalue weighted by Crippen LogP contribution is -2.38. The number of benzene rings is 2. The Morgan fingerprint density at radius 2 is 1.83 bits per heavy atom. The highest BCUT2D eigenvalue weighted by molar-refractivity contribution is 9.10. The number of carbonyl (C=O) groups excluding carboxylic acids is 1. The van der Waals surface area contributed by atoms with Gasteiger partial charge in [-0.2, -0.15) is 0 Å². The highest BCUT2D eigenvalue weighted by Crippen LogP contribution is 2.18. The molecule has 0 spiro atoms. The van der Waals surface area contributed by atoms with E-state index in [0.717, 1.165) is 22.0 Å². The Morgan fingerprint density at radius 3 is 2.52 bits per heavy atom. The molecule has 0 aliphatic rings. The molecule has 1 amide bonds. The van der Waals surface area contributed by atoms with Crippen LogP contribution in [0.5, 0.6) is 0 Å². The fourth-order valence-corrected chi connectivity index (χ4v) is 2.65. The van der Waals surface area contributed by atoms with Crippen molar-refractivity contribution in [3.8, 4) is 0 Å². The number of ether oxygens (including phenoxy) is 1. The molecule has 1 atom stereocenters. The quantitative estimate of drug-likeness (QED) is 0.773. The van der Waals surface area contributed by atoms with Crippen molar-refractivity contribution < 1.29 is 14.6 Å². The summed E-state index contributed by atoms with van der Waals surface area (Å²) in [6.07, 6.45) is 0.880.